The molecule has 1 fully saturated rings. The summed E-state index contributed by atoms with van der Waals surface area (Å²) in [6.45, 7) is 8.27. The normalized spacial score (nSPS) is 15.4. The Hall–Kier alpha value is -2.91. The van der Waals surface area contributed by atoms with E-state index in [0.29, 0.717) is 17.7 Å². The average molecular weight is 427 g/mol. The van der Waals surface area contributed by atoms with Crippen LogP contribution in [0.3, 0.4) is 0 Å². The molecule has 1 aliphatic rings. The van der Waals surface area contributed by atoms with Crippen molar-refractivity contribution in [3.63, 3.8) is 0 Å². The van der Waals surface area contributed by atoms with Crippen molar-refractivity contribution in [2.45, 2.75) is 33.0 Å². The lowest BCUT2D eigenvalue weighted by Crippen LogP contribution is -2.46. The summed E-state index contributed by atoms with van der Waals surface area (Å²) >= 11 is 0. The van der Waals surface area contributed by atoms with Crippen molar-refractivity contribution in [1.29, 1.82) is 0 Å². The number of aliphatic hydroxyl groups is 1. The molecule has 0 spiro atoms. The first-order valence-electron chi connectivity index (χ1n) is 10.7. The van der Waals surface area contributed by atoms with Crippen molar-refractivity contribution < 1.29 is 5.11 Å². The molecule has 3 heterocycles. The molecule has 4 rings (SSSR count). The van der Waals surface area contributed by atoms with Crippen LogP contribution in [0.1, 0.15) is 31.3 Å². The zero-order valence-electron chi connectivity index (χ0n) is 18.6. The number of benzene rings is 1. The first kappa shape index (κ1) is 21.3. The van der Waals surface area contributed by atoms with Gasteiger partial charge in [0.2, 0.25) is 0 Å². The first-order chi connectivity index (χ1) is 14.8. The number of piperazine rings is 1. The lowest BCUT2D eigenvalue weighted by atomic mass is 10.2. The van der Waals surface area contributed by atoms with E-state index in [2.05, 4.69) is 21.9 Å². The van der Waals surface area contributed by atoms with E-state index in [1.165, 1.54) is 11.6 Å². The van der Waals surface area contributed by atoms with Crippen LogP contribution in [0.25, 0.3) is 11.2 Å². The van der Waals surface area contributed by atoms with E-state index in [4.69, 9.17) is 4.98 Å². The highest BCUT2D eigenvalue weighted by atomic mass is 16.3. The molecule has 0 bridgehead atoms. The first-order valence-corrected chi connectivity index (χ1v) is 10.7. The fraction of sp³-hybridized carbons (Fsp3) is 0.500. The maximum atomic E-state index is 12.8. The average Bonchev–Trinajstić information content (AvgIpc) is 3.16. The summed E-state index contributed by atoms with van der Waals surface area (Å²) in [5.41, 5.74) is 2.33. The van der Waals surface area contributed by atoms with Gasteiger partial charge in [-0.05, 0) is 31.5 Å². The Labute approximate surface area is 180 Å². The van der Waals surface area contributed by atoms with E-state index in [1.54, 1.807) is 7.05 Å². The molecule has 0 amide bonds. The minimum absolute atomic E-state index is 0.0523. The molecule has 9 nitrogen and oxygen atoms in total. The van der Waals surface area contributed by atoms with Crippen molar-refractivity contribution >= 4 is 16.9 Å². The Morgan fingerprint density at radius 2 is 1.65 bits per heavy atom. The number of anilines is 1. The molecule has 1 saturated heterocycles. The van der Waals surface area contributed by atoms with Crippen LogP contribution >= 0.6 is 0 Å². The van der Waals surface area contributed by atoms with Crippen molar-refractivity contribution in [2.24, 2.45) is 14.1 Å². The Bertz CT molecular complexity index is 1200. The molecule has 1 N–H and O–H groups in total. The van der Waals surface area contributed by atoms with Gasteiger partial charge in [-0.2, -0.15) is 0 Å². The predicted molar refractivity (Wildman–Crippen MR) is 120 cm³/mol. The third-order valence-corrected chi connectivity index (χ3v) is 6.10. The van der Waals surface area contributed by atoms with Gasteiger partial charge in [0, 0.05) is 52.0 Å². The van der Waals surface area contributed by atoms with Gasteiger partial charge in [0.05, 0.1) is 13.2 Å². The second-order valence-electron chi connectivity index (χ2n) is 8.46. The zero-order chi connectivity index (χ0) is 22.3. The van der Waals surface area contributed by atoms with Crippen molar-refractivity contribution in [1.82, 2.24) is 23.6 Å². The van der Waals surface area contributed by atoms with E-state index in [9.17, 15) is 14.7 Å². The molecule has 0 atom stereocenters. The summed E-state index contributed by atoms with van der Waals surface area (Å²) in [5, 5.41) is 9.22. The number of nitrogens with zero attached hydrogens (tertiary/aromatic N) is 6. The van der Waals surface area contributed by atoms with E-state index in [-0.39, 0.29) is 23.9 Å². The van der Waals surface area contributed by atoms with Crippen LogP contribution in [-0.4, -0.2) is 54.9 Å². The lowest BCUT2D eigenvalue weighted by molar-refractivity contribution is 0.240. The molecule has 0 aliphatic carbocycles. The molecule has 9 heteroatoms. The fourth-order valence-corrected chi connectivity index (χ4v) is 4.30. The summed E-state index contributed by atoms with van der Waals surface area (Å²) in [4.78, 5) is 34.6. The molecule has 0 saturated carbocycles. The highest BCUT2D eigenvalue weighted by Gasteiger charge is 2.24. The monoisotopic (exact) mass is 426 g/mol. The molecule has 1 aliphatic heterocycles. The van der Waals surface area contributed by atoms with Crippen LogP contribution < -0.4 is 16.1 Å². The second-order valence-corrected chi connectivity index (χ2v) is 8.46. The van der Waals surface area contributed by atoms with Gasteiger partial charge in [0.1, 0.15) is 5.82 Å². The summed E-state index contributed by atoms with van der Waals surface area (Å²) < 4.78 is 4.57. The topological polar surface area (TPSA) is 88.5 Å². The minimum Gasteiger partial charge on any atom is -0.392 e. The Morgan fingerprint density at radius 1 is 1.00 bits per heavy atom. The number of aryl methyl sites for hydroxylation is 1. The Morgan fingerprint density at radius 3 is 2.23 bits per heavy atom. The number of fused-ring (bicyclic) bond motifs is 1. The predicted octanol–water partition coefficient (Wildman–Crippen LogP) is 0.829. The van der Waals surface area contributed by atoms with Gasteiger partial charge in [-0.25, -0.2) is 9.78 Å². The van der Waals surface area contributed by atoms with Crippen LogP contribution in [-0.2, 0) is 27.2 Å². The van der Waals surface area contributed by atoms with Gasteiger partial charge >= 0.3 is 5.69 Å². The molecule has 3 aromatic rings. The zero-order valence-corrected chi connectivity index (χ0v) is 18.6. The number of rotatable bonds is 5. The van der Waals surface area contributed by atoms with Crippen molar-refractivity contribution in [2.75, 3.05) is 31.1 Å². The van der Waals surface area contributed by atoms with Crippen LogP contribution in [0, 0.1) is 0 Å². The van der Waals surface area contributed by atoms with Crippen LogP contribution in [0.2, 0.25) is 0 Å². The number of hydrogen-bond donors (Lipinski definition) is 1. The largest absolute Gasteiger partial charge is 0.392 e. The standard InChI is InChI=1S/C22H30N6O3/c1-15(2)28-18(23-20-19(28)21(30)25(4)22(31)24(20)3)13-26-9-11-27(12-10-26)17-7-5-16(14-29)6-8-17/h5-8,15,29H,9-14H2,1-4H3. The molecule has 31 heavy (non-hydrogen) atoms. The Kier molecular flexibility index (Phi) is 5.72. The van der Waals surface area contributed by atoms with Gasteiger partial charge in [-0.1, -0.05) is 12.1 Å². The van der Waals surface area contributed by atoms with E-state index < -0.39 is 0 Å². The maximum Gasteiger partial charge on any atom is 0.332 e. The number of imidazole rings is 1. The summed E-state index contributed by atoms with van der Waals surface area (Å²) in [5.74, 6) is 0.809. The highest BCUT2D eigenvalue weighted by Crippen LogP contribution is 2.21. The summed E-state index contributed by atoms with van der Waals surface area (Å²) in [6.07, 6.45) is 0. The van der Waals surface area contributed by atoms with Gasteiger partial charge in [-0.15, -0.1) is 0 Å². The smallest absolute Gasteiger partial charge is 0.332 e. The molecule has 0 radical (unpaired) electrons. The fourth-order valence-electron chi connectivity index (χ4n) is 4.30. The molecule has 166 valence electrons. The van der Waals surface area contributed by atoms with Gasteiger partial charge < -0.3 is 14.6 Å². The molecule has 1 aromatic carbocycles. The van der Waals surface area contributed by atoms with Crippen LogP contribution in [0.4, 0.5) is 5.69 Å². The van der Waals surface area contributed by atoms with Gasteiger partial charge in [0.15, 0.2) is 11.2 Å². The lowest BCUT2D eigenvalue weighted by Gasteiger charge is -2.36. The number of hydrogen-bond acceptors (Lipinski definition) is 6. The maximum absolute atomic E-state index is 12.8. The third-order valence-electron chi connectivity index (χ3n) is 6.10. The second kappa shape index (κ2) is 8.32. The van der Waals surface area contributed by atoms with Gasteiger partial charge in [0.25, 0.3) is 5.56 Å². The summed E-state index contributed by atoms with van der Waals surface area (Å²) in [6, 6.07) is 8.07. The minimum atomic E-state index is -0.363. The van der Waals surface area contributed by atoms with Crippen LogP contribution in [0.15, 0.2) is 33.9 Å². The van der Waals surface area contributed by atoms with Crippen LogP contribution in [0.5, 0.6) is 0 Å². The molecule has 2 aromatic heterocycles. The van der Waals surface area contributed by atoms with Crippen molar-refractivity contribution in [3.8, 4) is 0 Å². The summed E-state index contributed by atoms with van der Waals surface area (Å²) in [7, 11) is 3.17. The quantitative estimate of drug-likeness (QED) is 0.650. The molecular weight excluding hydrogens is 396 g/mol. The molecular formula is C22H30N6O3. The van der Waals surface area contributed by atoms with E-state index in [1.807, 2.05) is 30.5 Å². The highest BCUT2D eigenvalue weighted by molar-refractivity contribution is 5.71. The van der Waals surface area contributed by atoms with Gasteiger partial charge in [-0.3, -0.25) is 18.8 Å². The number of aliphatic hydroxyl groups excluding tert-OH is 1. The number of aromatic nitrogens is 4. The van der Waals surface area contributed by atoms with Crippen molar-refractivity contribution in [3.05, 3.63) is 56.5 Å². The molecule has 0 unspecified atom stereocenters. The third kappa shape index (κ3) is 3.79. The van der Waals surface area contributed by atoms with E-state index >= 15 is 0 Å². The SMILES string of the molecule is CC(C)n1c(CN2CCN(c3ccc(CO)cc3)CC2)nc2c1c(=O)n(C)c(=O)n2C. The Balaban J connectivity index is 1.57. The van der Waals surface area contributed by atoms with E-state index in [0.717, 1.165) is 47.8 Å².